The number of aliphatic hydroxyl groups is 2. The summed E-state index contributed by atoms with van der Waals surface area (Å²) in [5.41, 5.74) is 6.45. The van der Waals surface area contributed by atoms with Crippen molar-refractivity contribution < 1.29 is 10.2 Å². The second-order valence-corrected chi connectivity index (χ2v) is 6.10. The first-order chi connectivity index (χ1) is 11.7. The Morgan fingerprint density at radius 1 is 0.792 bits per heavy atom. The summed E-state index contributed by atoms with van der Waals surface area (Å²) in [6.45, 7) is 9.89. The first-order valence-corrected chi connectivity index (χ1v) is 8.27. The van der Waals surface area contributed by atoms with Crippen molar-refractivity contribution >= 4 is 11.1 Å². The number of benzene rings is 1. The Morgan fingerprint density at radius 2 is 1.21 bits per heavy atom. The van der Waals surface area contributed by atoms with Crippen LogP contribution in [0.3, 0.4) is 0 Å². The number of rotatable bonds is 6. The molecule has 0 heterocycles. The first kappa shape index (κ1) is 16.6. The highest BCUT2D eigenvalue weighted by Gasteiger charge is 2.39. The Labute approximate surface area is 142 Å². The van der Waals surface area contributed by atoms with Gasteiger partial charge in [-0.1, -0.05) is 37.4 Å². The van der Waals surface area contributed by atoms with Crippen LogP contribution in [0.4, 0.5) is 0 Å². The van der Waals surface area contributed by atoms with E-state index in [4.69, 9.17) is 10.2 Å². The van der Waals surface area contributed by atoms with Crippen molar-refractivity contribution in [2.24, 2.45) is 11.8 Å². The fourth-order valence-corrected chi connectivity index (χ4v) is 3.64. The van der Waals surface area contributed by atoms with Gasteiger partial charge in [-0.25, -0.2) is 0 Å². The molecule has 0 saturated heterocycles. The lowest BCUT2D eigenvalue weighted by atomic mass is 9.66. The summed E-state index contributed by atoms with van der Waals surface area (Å²) in [7, 11) is 0. The normalized spacial score (nSPS) is 22.2. The monoisotopic (exact) mass is 324 g/mol. The van der Waals surface area contributed by atoms with Gasteiger partial charge in [-0.05, 0) is 34.4 Å². The number of nitrogens with one attached hydrogen (secondary N) is 2. The van der Waals surface area contributed by atoms with Crippen molar-refractivity contribution in [2.75, 3.05) is 26.3 Å². The molecule has 0 radical (unpaired) electrons. The van der Waals surface area contributed by atoms with Crippen LogP contribution in [0.1, 0.15) is 11.1 Å². The number of hydrogen-bond acceptors (Lipinski definition) is 4. The van der Waals surface area contributed by atoms with Gasteiger partial charge < -0.3 is 20.8 Å². The molecule has 0 bridgehead atoms. The van der Waals surface area contributed by atoms with Gasteiger partial charge in [0.15, 0.2) is 0 Å². The van der Waals surface area contributed by atoms with E-state index in [2.05, 4.69) is 35.9 Å². The predicted molar refractivity (Wildman–Crippen MR) is 97.8 cm³/mol. The van der Waals surface area contributed by atoms with Crippen molar-refractivity contribution in [1.82, 2.24) is 10.6 Å². The number of hydrogen-bond donors (Lipinski definition) is 4. The predicted octanol–water partition coefficient (Wildman–Crippen LogP) is 1.90. The minimum Gasteiger partial charge on any atom is -0.395 e. The van der Waals surface area contributed by atoms with Crippen molar-refractivity contribution in [3.63, 3.8) is 0 Å². The van der Waals surface area contributed by atoms with Gasteiger partial charge in [0.1, 0.15) is 0 Å². The lowest BCUT2D eigenvalue weighted by molar-refractivity contribution is 0.291. The quantitative estimate of drug-likeness (QED) is 0.645. The largest absolute Gasteiger partial charge is 0.395 e. The molecule has 126 valence electrons. The molecule has 2 aliphatic carbocycles. The van der Waals surface area contributed by atoms with E-state index < -0.39 is 0 Å². The maximum Gasteiger partial charge on any atom is 0.0604 e. The van der Waals surface area contributed by atoms with E-state index in [0.717, 1.165) is 33.7 Å². The molecule has 24 heavy (non-hydrogen) atoms. The van der Waals surface area contributed by atoms with Gasteiger partial charge in [-0.15, -0.1) is 0 Å². The lowest BCUT2D eigenvalue weighted by Gasteiger charge is -2.41. The standard InChI is InChI=1S/C20H24N2O2/c1-13-15-5-3-4-6-16(15)14(2)20-18(22-10-12-24)8-7-17(19(13)20)21-9-11-23/h3-8,19-24H,1-2,9-12H2. The van der Waals surface area contributed by atoms with Gasteiger partial charge in [-0.3, -0.25) is 0 Å². The van der Waals surface area contributed by atoms with Gasteiger partial charge in [0, 0.05) is 36.3 Å². The van der Waals surface area contributed by atoms with Gasteiger partial charge in [0.05, 0.1) is 13.2 Å². The summed E-state index contributed by atoms with van der Waals surface area (Å²) in [5, 5.41) is 24.9. The van der Waals surface area contributed by atoms with E-state index >= 15 is 0 Å². The van der Waals surface area contributed by atoms with Crippen LogP contribution in [0.2, 0.25) is 0 Å². The van der Waals surface area contributed by atoms with Crippen LogP contribution in [0.25, 0.3) is 11.1 Å². The summed E-state index contributed by atoms with van der Waals surface area (Å²) in [4.78, 5) is 0. The van der Waals surface area contributed by atoms with E-state index in [-0.39, 0.29) is 25.0 Å². The molecule has 1 aromatic carbocycles. The maximum absolute atomic E-state index is 9.15. The molecule has 4 N–H and O–H groups in total. The zero-order valence-corrected chi connectivity index (χ0v) is 13.8. The zero-order chi connectivity index (χ0) is 17.1. The van der Waals surface area contributed by atoms with Crippen molar-refractivity contribution in [2.45, 2.75) is 0 Å². The molecule has 0 spiro atoms. The number of allylic oxidation sites excluding steroid dienone is 4. The highest BCUT2D eigenvalue weighted by Crippen LogP contribution is 2.50. The van der Waals surface area contributed by atoms with Gasteiger partial charge in [-0.2, -0.15) is 0 Å². The third-order valence-corrected chi connectivity index (χ3v) is 4.70. The Morgan fingerprint density at radius 3 is 1.58 bits per heavy atom. The molecule has 0 saturated carbocycles. The fourth-order valence-electron chi connectivity index (χ4n) is 3.64. The Bertz CT molecular complexity index is 657. The van der Waals surface area contributed by atoms with Gasteiger partial charge in [0.25, 0.3) is 0 Å². The summed E-state index contributed by atoms with van der Waals surface area (Å²) < 4.78 is 0. The molecule has 0 fully saturated rings. The smallest absolute Gasteiger partial charge is 0.0604 e. The van der Waals surface area contributed by atoms with Crippen molar-refractivity contribution in [3.8, 4) is 0 Å². The van der Waals surface area contributed by atoms with Crippen molar-refractivity contribution in [1.29, 1.82) is 0 Å². The minimum atomic E-state index is 0.0603. The molecule has 2 aliphatic rings. The molecule has 0 amide bonds. The van der Waals surface area contributed by atoms with E-state index in [1.165, 1.54) is 0 Å². The summed E-state index contributed by atoms with van der Waals surface area (Å²) in [6.07, 6.45) is 4.06. The Kier molecular flexibility index (Phi) is 4.88. The van der Waals surface area contributed by atoms with Gasteiger partial charge in [0.2, 0.25) is 0 Å². The van der Waals surface area contributed by atoms with Crippen LogP contribution < -0.4 is 10.6 Å². The van der Waals surface area contributed by atoms with Gasteiger partial charge >= 0.3 is 0 Å². The zero-order valence-electron chi connectivity index (χ0n) is 13.8. The second-order valence-electron chi connectivity index (χ2n) is 6.10. The molecule has 0 aromatic heterocycles. The third-order valence-electron chi connectivity index (χ3n) is 4.70. The van der Waals surface area contributed by atoms with Crippen LogP contribution in [0.15, 0.2) is 61.0 Å². The average Bonchev–Trinajstić information content (AvgIpc) is 2.62. The number of aliphatic hydroxyl groups excluding tert-OH is 2. The molecule has 4 nitrogen and oxygen atoms in total. The summed E-state index contributed by atoms with van der Waals surface area (Å²) >= 11 is 0. The fraction of sp³-hybridized carbons (Fsp3) is 0.300. The molecule has 3 rings (SSSR count). The lowest BCUT2D eigenvalue weighted by Crippen LogP contribution is -2.38. The first-order valence-electron chi connectivity index (χ1n) is 8.27. The van der Waals surface area contributed by atoms with Crippen LogP contribution >= 0.6 is 0 Å². The number of fused-ring (bicyclic) bond motifs is 2. The maximum atomic E-state index is 9.15. The molecule has 2 atom stereocenters. The van der Waals surface area contributed by atoms with Crippen LogP contribution in [0.5, 0.6) is 0 Å². The molecule has 1 aromatic rings. The average molecular weight is 324 g/mol. The van der Waals surface area contributed by atoms with E-state index in [1.54, 1.807) is 0 Å². The molecular weight excluding hydrogens is 300 g/mol. The molecule has 4 heteroatoms. The van der Waals surface area contributed by atoms with Crippen LogP contribution in [0, 0.1) is 11.8 Å². The highest BCUT2D eigenvalue weighted by molar-refractivity contribution is 5.88. The molecule has 0 aliphatic heterocycles. The third kappa shape index (κ3) is 2.79. The molecule has 2 unspecified atom stereocenters. The molecular formula is C20H24N2O2. The Hall–Kier alpha value is -2.30. The SMILES string of the molecule is C=C1c2ccccc2C(=C)C2C(NCCO)=CC=C(NCCO)C12. The second kappa shape index (κ2) is 7.07. The van der Waals surface area contributed by atoms with E-state index in [0.29, 0.717) is 13.1 Å². The van der Waals surface area contributed by atoms with Crippen LogP contribution in [-0.2, 0) is 0 Å². The highest BCUT2D eigenvalue weighted by atomic mass is 16.3. The van der Waals surface area contributed by atoms with E-state index in [1.807, 2.05) is 24.3 Å². The summed E-state index contributed by atoms with van der Waals surface area (Å²) in [5.74, 6) is 0.121. The minimum absolute atomic E-state index is 0.0603. The Balaban J connectivity index is 2.04. The van der Waals surface area contributed by atoms with E-state index in [9.17, 15) is 0 Å². The topological polar surface area (TPSA) is 64.5 Å². The summed E-state index contributed by atoms with van der Waals surface area (Å²) in [6, 6.07) is 8.21. The van der Waals surface area contributed by atoms with Crippen LogP contribution in [-0.4, -0.2) is 36.5 Å². The van der Waals surface area contributed by atoms with Crippen molar-refractivity contribution in [3.05, 3.63) is 72.1 Å².